The molecule has 1 amide bonds. The van der Waals surface area contributed by atoms with E-state index < -0.39 is 0 Å². The Morgan fingerprint density at radius 2 is 2.10 bits per heavy atom. The molecule has 1 aliphatic carbocycles. The van der Waals surface area contributed by atoms with Crippen molar-refractivity contribution in [1.82, 2.24) is 9.88 Å². The van der Waals surface area contributed by atoms with Crippen LogP contribution in [0.4, 0.5) is 5.69 Å². The molecule has 4 nitrogen and oxygen atoms in total. The third kappa shape index (κ3) is 3.35. The van der Waals surface area contributed by atoms with Gasteiger partial charge in [-0.25, -0.2) is 0 Å². The maximum atomic E-state index is 12.3. The molecule has 1 heterocycles. The molecule has 4 heteroatoms. The first-order valence-electron chi connectivity index (χ1n) is 7.62. The fourth-order valence-corrected chi connectivity index (χ4v) is 3.62. The standard InChI is InChI=1S/C16H27N3O/c1-12(2)9-16(6-4-5-7-16)11-18-15(20)14-8-13(17)10-19(14)3/h8,10,12H,4-7,9,11,17H2,1-3H3,(H,18,20). The summed E-state index contributed by atoms with van der Waals surface area (Å²) >= 11 is 0. The molecule has 1 aliphatic rings. The minimum atomic E-state index is -0.0146. The van der Waals surface area contributed by atoms with Crippen molar-refractivity contribution in [2.75, 3.05) is 12.3 Å². The molecule has 0 aliphatic heterocycles. The second-order valence-electron chi connectivity index (χ2n) is 6.76. The molecule has 2 rings (SSSR count). The average molecular weight is 277 g/mol. The molecule has 112 valence electrons. The van der Waals surface area contributed by atoms with Gasteiger partial charge in [-0.05, 0) is 36.7 Å². The van der Waals surface area contributed by atoms with Gasteiger partial charge in [0.05, 0.1) is 5.69 Å². The zero-order valence-corrected chi connectivity index (χ0v) is 12.9. The Hall–Kier alpha value is -1.45. The lowest BCUT2D eigenvalue weighted by Crippen LogP contribution is -2.37. The predicted octanol–water partition coefficient (Wildman–Crippen LogP) is 2.94. The number of nitrogen functional groups attached to an aromatic ring is 1. The molecular formula is C16H27N3O. The van der Waals surface area contributed by atoms with Crippen molar-refractivity contribution in [1.29, 1.82) is 0 Å². The van der Waals surface area contributed by atoms with Gasteiger partial charge in [0.25, 0.3) is 5.91 Å². The van der Waals surface area contributed by atoms with E-state index in [-0.39, 0.29) is 5.91 Å². The second kappa shape index (κ2) is 5.90. The van der Waals surface area contributed by atoms with Crippen LogP contribution in [0.15, 0.2) is 12.3 Å². The van der Waals surface area contributed by atoms with Crippen molar-refractivity contribution in [2.24, 2.45) is 18.4 Å². The van der Waals surface area contributed by atoms with Gasteiger partial charge in [0.2, 0.25) is 0 Å². The highest BCUT2D eigenvalue weighted by Crippen LogP contribution is 2.42. The van der Waals surface area contributed by atoms with Crippen LogP contribution in [0.1, 0.15) is 56.4 Å². The lowest BCUT2D eigenvalue weighted by atomic mass is 9.78. The molecule has 0 spiro atoms. The summed E-state index contributed by atoms with van der Waals surface area (Å²) in [5.74, 6) is 0.662. The highest BCUT2D eigenvalue weighted by molar-refractivity contribution is 5.93. The van der Waals surface area contributed by atoms with Gasteiger partial charge in [-0.3, -0.25) is 4.79 Å². The molecule has 0 bridgehead atoms. The number of anilines is 1. The van der Waals surface area contributed by atoms with E-state index >= 15 is 0 Å². The van der Waals surface area contributed by atoms with Crippen LogP contribution < -0.4 is 11.1 Å². The van der Waals surface area contributed by atoms with Crippen molar-refractivity contribution in [2.45, 2.75) is 46.0 Å². The van der Waals surface area contributed by atoms with Crippen molar-refractivity contribution in [3.63, 3.8) is 0 Å². The van der Waals surface area contributed by atoms with Gasteiger partial charge in [-0.2, -0.15) is 0 Å². The number of aromatic nitrogens is 1. The van der Waals surface area contributed by atoms with E-state index in [1.165, 1.54) is 32.1 Å². The molecule has 0 atom stereocenters. The number of hydrogen-bond donors (Lipinski definition) is 2. The summed E-state index contributed by atoms with van der Waals surface area (Å²) in [6.45, 7) is 5.31. The largest absolute Gasteiger partial charge is 0.397 e. The van der Waals surface area contributed by atoms with Crippen LogP contribution in [0.3, 0.4) is 0 Å². The zero-order valence-electron chi connectivity index (χ0n) is 12.9. The minimum absolute atomic E-state index is 0.0146. The van der Waals surface area contributed by atoms with E-state index in [2.05, 4.69) is 19.2 Å². The Labute approximate surface area is 121 Å². The number of hydrogen-bond acceptors (Lipinski definition) is 2. The molecule has 1 saturated carbocycles. The Bertz CT molecular complexity index is 470. The molecule has 3 N–H and O–H groups in total. The third-order valence-electron chi connectivity index (χ3n) is 4.39. The molecule has 0 aromatic carbocycles. The predicted molar refractivity (Wildman–Crippen MR) is 82.5 cm³/mol. The molecule has 0 saturated heterocycles. The van der Waals surface area contributed by atoms with Gasteiger partial charge in [0.15, 0.2) is 0 Å². The summed E-state index contributed by atoms with van der Waals surface area (Å²) in [5, 5.41) is 3.13. The summed E-state index contributed by atoms with van der Waals surface area (Å²) in [6.07, 6.45) is 8.03. The van der Waals surface area contributed by atoms with Gasteiger partial charge in [0, 0.05) is 19.8 Å². The summed E-state index contributed by atoms with van der Waals surface area (Å²) in [7, 11) is 1.85. The molecular weight excluding hydrogens is 250 g/mol. The lowest BCUT2D eigenvalue weighted by Gasteiger charge is -2.31. The fourth-order valence-electron chi connectivity index (χ4n) is 3.62. The quantitative estimate of drug-likeness (QED) is 0.869. The first-order chi connectivity index (χ1) is 9.42. The molecule has 1 fully saturated rings. The number of amides is 1. The second-order valence-corrected chi connectivity index (χ2v) is 6.76. The monoisotopic (exact) mass is 277 g/mol. The Kier molecular flexibility index (Phi) is 4.41. The summed E-state index contributed by atoms with van der Waals surface area (Å²) in [4.78, 5) is 12.3. The average Bonchev–Trinajstić information content (AvgIpc) is 2.93. The molecule has 0 unspecified atom stereocenters. The molecule has 20 heavy (non-hydrogen) atoms. The minimum Gasteiger partial charge on any atom is -0.397 e. The number of carbonyl (C=O) groups excluding carboxylic acids is 1. The number of nitrogens with zero attached hydrogens (tertiary/aromatic N) is 1. The van der Waals surface area contributed by atoms with Crippen LogP contribution in [0.5, 0.6) is 0 Å². The summed E-state index contributed by atoms with van der Waals surface area (Å²) in [5.41, 5.74) is 7.31. The fraction of sp³-hybridized carbons (Fsp3) is 0.688. The highest BCUT2D eigenvalue weighted by atomic mass is 16.1. The van der Waals surface area contributed by atoms with E-state index in [1.54, 1.807) is 16.8 Å². The summed E-state index contributed by atoms with van der Waals surface area (Å²) in [6, 6.07) is 1.74. The smallest absolute Gasteiger partial charge is 0.267 e. The van der Waals surface area contributed by atoms with Crippen LogP contribution in [0.2, 0.25) is 0 Å². The Morgan fingerprint density at radius 1 is 1.45 bits per heavy atom. The van der Waals surface area contributed by atoms with Gasteiger partial charge in [-0.1, -0.05) is 26.7 Å². The van der Waals surface area contributed by atoms with Crippen molar-refractivity contribution in [3.8, 4) is 0 Å². The van der Waals surface area contributed by atoms with Crippen LogP contribution in [0, 0.1) is 11.3 Å². The number of nitrogens with two attached hydrogens (primary N) is 1. The van der Waals surface area contributed by atoms with Crippen LogP contribution >= 0.6 is 0 Å². The number of nitrogens with one attached hydrogen (secondary N) is 1. The van der Waals surface area contributed by atoms with E-state index in [0.717, 1.165) is 6.54 Å². The molecule has 1 aromatic rings. The summed E-state index contributed by atoms with van der Waals surface area (Å²) < 4.78 is 1.79. The normalized spacial score (nSPS) is 17.6. The lowest BCUT2D eigenvalue weighted by molar-refractivity contribution is 0.0913. The van der Waals surface area contributed by atoms with Crippen molar-refractivity contribution >= 4 is 11.6 Å². The van der Waals surface area contributed by atoms with Crippen LogP contribution in [-0.4, -0.2) is 17.0 Å². The van der Waals surface area contributed by atoms with Crippen molar-refractivity contribution in [3.05, 3.63) is 18.0 Å². The first-order valence-corrected chi connectivity index (χ1v) is 7.62. The van der Waals surface area contributed by atoms with E-state index in [1.807, 2.05) is 7.05 Å². The maximum absolute atomic E-state index is 12.3. The molecule has 0 radical (unpaired) electrons. The van der Waals surface area contributed by atoms with E-state index in [4.69, 9.17) is 5.73 Å². The third-order valence-corrected chi connectivity index (χ3v) is 4.39. The first kappa shape index (κ1) is 14.9. The van der Waals surface area contributed by atoms with Gasteiger partial charge >= 0.3 is 0 Å². The highest BCUT2D eigenvalue weighted by Gasteiger charge is 2.34. The van der Waals surface area contributed by atoms with Crippen LogP contribution in [-0.2, 0) is 7.05 Å². The SMILES string of the molecule is CC(C)CC1(CNC(=O)c2cc(N)cn2C)CCCC1. The van der Waals surface area contributed by atoms with Gasteiger partial charge in [0.1, 0.15) is 5.69 Å². The van der Waals surface area contributed by atoms with Crippen LogP contribution in [0.25, 0.3) is 0 Å². The number of rotatable bonds is 5. The van der Waals surface area contributed by atoms with E-state index in [0.29, 0.717) is 22.7 Å². The topological polar surface area (TPSA) is 60.1 Å². The Morgan fingerprint density at radius 3 is 2.60 bits per heavy atom. The Balaban J connectivity index is 1.99. The van der Waals surface area contributed by atoms with Crippen molar-refractivity contribution < 1.29 is 4.79 Å². The van der Waals surface area contributed by atoms with Gasteiger partial charge < -0.3 is 15.6 Å². The van der Waals surface area contributed by atoms with Gasteiger partial charge in [-0.15, -0.1) is 0 Å². The zero-order chi connectivity index (χ0) is 14.8. The number of carbonyl (C=O) groups is 1. The number of aryl methyl sites for hydroxylation is 1. The van der Waals surface area contributed by atoms with E-state index in [9.17, 15) is 4.79 Å². The molecule has 1 aromatic heterocycles. The maximum Gasteiger partial charge on any atom is 0.267 e.